The monoisotopic (exact) mass is 372 g/mol. The second kappa shape index (κ2) is 7.00. The molecule has 4 nitrogen and oxygen atoms in total. The first-order chi connectivity index (χ1) is 13.0. The average molecular weight is 372 g/mol. The molecule has 0 atom stereocenters. The lowest BCUT2D eigenvalue weighted by Crippen LogP contribution is -2.01. The predicted molar refractivity (Wildman–Crippen MR) is 114 cm³/mol. The van der Waals surface area contributed by atoms with Crippen LogP contribution in [0.3, 0.4) is 0 Å². The molecule has 3 aromatic carbocycles. The van der Waals surface area contributed by atoms with E-state index in [2.05, 4.69) is 84.2 Å². The summed E-state index contributed by atoms with van der Waals surface area (Å²) in [5.74, 6) is 0.476. The summed E-state index contributed by atoms with van der Waals surface area (Å²) >= 11 is 4.36. The number of rotatable bonds is 3. The van der Waals surface area contributed by atoms with E-state index < -0.39 is 0 Å². The van der Waals surface area contributed by atoms with Crippen LogP contribution in [0.1, 0.15) is 16.7 Å². The summed E-state index contributed by atoms with van der Waals surface area (Å²) in [6.07, 6.45) is 0. The van der Waals surface area contributed by atoms with Crippen LogP contribution in [0.25, 0.3) is 22.2 Å². The van der Waals surface area contributed by atoms with E-state index in [4.69, 9.17) is 0 Å². The zero-order chi connectivity index (χ0) is 19.0. The molecule has 0 bridgehead atoms. The van der Waals surface area contributed by atoms with Gasteiger partial charge in [0.05, 0.1) is 5.52 Å². The van der Waals surface area contributed by atoms with Crippen LogP contribution in [-0.2, 0) is 0 Å². The van der Waals surface area contributed by atoms with Crippen molar-refractivity contribution < 1.29 is 0 Å². The van der Waals surface area contributed by atoms with Gasteiger partial charge in [0, 0.05) is 10.6 Å². The number of thiol groups is 1. The van der Waals surface area contributed by atoms with Gasteiger partial charge in [-0.15, -0.1) is 22.8 Å². The molecule has 4 rings (SSSR count). The van der Waals surface area contributed by atoms with E-state index in [1.54, 1.807) is 0 Å². The van der Waals surface area contributed by atoms with Gasteiger partial charge in [-0.1, -0.05) is 24.3 Å². The Bertz CT molecular complexity index is 1130. The number of nitrogens with zero attached hydrogens (tertiary/aromatic N) is 3. The van der Waals surface area contributed by atoms with Crippen molar-refractivity contribution in [1.29, 1.82) is 0 Å². The van der Waals surface area contributed by atoms with Gasteiger partial charge in [0.1, 0.15) is 5.52 Å². The molecule has 0 spiro atoms. The zero-order valence-corrected chi connectivity index (χ0v) is 16.4. The molecule has 5 heteroatoms. The van der Waals surface area contributed by atoms with E-state index in [1.807, 2.05) is 24.3 Å². The first-order valence-corrected chi connectivity index (χ1v) is 9.24. The van der Waals surface area contributed by atoms with Gasteiger partial charge in [-0.25, -0.2) is 4.98 Å². The van der Waals surface area contributed by atoms with E-state index in [9.17, 15) is 0 Å². The quantitative estimate of drug-likeness (QED) is 0.456. The number of anilines is 2. The second-order valence-corrected chi connectivity index (χ2v) is 7.25. The second-order valence-electron chi connectivity index (χ2n) is 6.74. The Hall–Kier alpha value is -2.92. The van der Waals surface area contributed by atoms with E-state index in [1.165, 1.54) is 16.7 Å². The molecule has 0 aliphatic rings. The van der Waals surface area contributed by atoms with Crippen LogP contribution in [0, 0.1) is 20.8 Å². The maximum atomic E-state index is 4.67. The molecular weight excluding hydrogens is 352 g/mol. The smallest absolute Gasteiger partial charge is 0.247 e. The van der Waals surface area contributed by atoms with Crippen molar-refractivity contribution in [2.24, 2.45) is 0 Å². The van der Waals surface area contributed by atoms with Crippen LogP contribution in [0.2, 0.25) is 0 Å². The lowest BCUT2D eigenvalue weighted by atomic mass is 9.94. The van der Waals surface area contributed by atoms with Gasteiger partial charge in [0.2, 0.25) is 5.95 Å². The lowest BCUT2D eigenvalue weighted by Gasteiger charge is -2.12. The molecule has 0 aliphatic heterocycles. The fourth-order valence-electron chi connectivity index (χ4n) is 3.39. The number of benzene rings is 3. The van der Waals surface area contributed by atoms with Crippen molar-refractivity contribution in [3.8, 4) is 11.1 Å². The van der Waals surface area contributed by atoms with Gasteiger partial charge < -0.3 is 5.32 Å². The maximum absolute atomic E-state index is 4.67. The van der Waals surface area contributed by atoms with Crippen LogP contribution < -0.4 is 5.32 Å². The van der Waals surface area contributed by atoms with E-state index in [0.717, 1.165) is 32.7 Å². The van der Waals surface area contributed by atoms with Gasteiger partial charge in [-0.3, -0.25) is 0 Å². The Labute approximate surface area is 164 Å². The van der Waals surface area contributed by atoms with Gasteiger partial charge in [-0.2, -0.15) is 0 Å². The lowest BCUT2D eigenvalue weighted by molar-refractivity contribution is 1.03. The molecule has 0 radical (unpaired) electrons. The summed E-state index contributed by atoms with van der Waals surface area (Å²) in [4.78, 5) is 5.55. The number of nitrogens with one attached hydrogen (secondary N) is 1. The Balaban J connectivity index is 1.77. The number of hydrogen-bond acceptors (Lipinski definition) is 5. The highest BCUT2D eigenvalue weighted by atomic mass is 32.1. The van der Waals surface area contributed by atoms with Crippen LogP contribution in [0.4, 0.5) is 11.6 Å². The average Bonchev–Trinajstić information content (AvgIpc) is 2.62. The van der Waals surface area contributed by atoms with Crippen LogP contribution in [-0.4, -0.2) is 15.2 Å². The molecule has 1 N–H and O–H groups in total. The van der Waals surface area contributed by atoms with Gasteiger partial charge in [-0.05, 0) is 78.9 Å². The first kappa shape index (κ1) is 17.5. The topological polar surface area (TPSA) is 50.7 Å². The van der Waals surface area contributed by atoms with Crippen molar-refractivity contribution in [2.45, 2.75) is 25.7 Å². The minimum absolute atomic E-state index is 0.476. The normalized spacial score (nSPS) is 11.0. The summed E-state index contributed by atoms with van der Waals surface area (Å²) in [5, 5.41) is 11.9. The third-order valence-electron chi connectivity index (χ3n) is 4.62. The molecule has 1 heterocycles. The van der Waals surface area contributed by atoms with Crippen molar-refractivity contribution in [3.63, 3.8) is 0 Å². The minimum Gasteiger partial charge on any atom is -0.323 e. The van der Waals surface area contributed by atoms with Crippen molar-refractivity contribution in [2.75, 3.05) is 5.32 Å². The Morgan fingerprint density at radius 3 is 2.30 bits per heavy atom. The van der Waals surface area contributed by atoms with Crippen LogP contribution >= 0.6 is 12.6 Å². The molecule has 27 heavy (non-hydrogen) atoms. The summed E-state index contributed by atoms with van der Waals surface area (Å²) in [5.41, 5.74) is 8.50. The number of aryl methyl sites for hydroxylation is 3. The molecule has 1 aromatic heterocycles. The van der Waals surface area contributed by atoms with Gasteiger partial charge in [0.25, 0.3) is 0 Å². The molecule has 0 saturated carbocycles. The van der Waals surface area contributed by atoms with Crippen LogP contribution in [0.5, 0.6) is 0 Å². The van der Waals surface area contributed by atoms with Gasteiger partial charge >= 0.3 is 0 Å². The number of hydrogen-bond donors (Lipinski definition) is 2. The van der Waals surface area contributed by atoms with Crippen LogP contribution in [0.15, 0.2) is 59.5 Å². The third kappa shape index (κ3) is 3.51. The number of aromatic nitrogens is 3. The Morgan fingerprint density at radius 1 is 0.815 bits per heavy atom. The Kier molecular flexibility index (Phi) is 4.54. The van der Waals surface area contributed by atoms with E-state index in [-0.39, 0.29) is 0 Å². The van der Waals surface area contributed by atoms with E-state index in [0.29, 0.717) is 5.95 Å². The molecular formula is C22H20N4S. The summed E-state index contributed by atoms with van der Waals surface area (Å²) in [6, 6.07) is 18.3. The summed E-state index contributed by atoms with van der Waals surface area (Å²) in [6.45, 7) is 6.33. The highest BCUT2D eigenvalue weighted by Crippen LogP contribution is 2.31. The highest BCUT2D eigenvalue weighted by molar-refractivity contribution is 7.80. The Morgan fingerprint density at radius 2 is 1.56 bits per heavy atom. The summed E-state index contributed by atoms with van der Waals surface area (Å²) in [7, 11) is 0. The number of fused-ring (bicyclic) bond motifs is 1. The third-order valence-corrected chi connectivity index (χ3v) is 4.90. The fraction of sp³-hybridized carbons (Fsp3) is 0.136. The fourth-order valence-corrected chi connectivity index (χ4v) is 3.62. The molecule has 0 aliphatic carbocycles. The minimum atomic E-state index is 0.476. The maximum Gasteiger partial charge on any atom is 0.247 e. The molecule has 134 valence electrons. The zero-order valence-electron chi connectivity index (χ0n) is 15.5. The standard InChI is InChI=1S/C22H20N4S/c1-13-6-4-7-14(2)20(13)16-10-15(3)21-19(11-16)25-26-22(24-21)23-17-8-5-9-18(27)12-17/h4-12,27H,1-3H3,(H,23,24,26). The SMILES string of the molecule is Cc1cccc(C)c1-c1cc(C)c2nc(Nc3cccc(S)c3)nnc2c1. The molecule has 0 amide bonds. The molecule has 0 saturated heterocycles. The predicted octanol–water partition coefficient (Wildman–Crippen LogP) is 5.65. The first-order valence-electron chi connectivity index (χ1n) is 8.79. The van der Waals surface area contributed by atoms with Crippen molar-refractivity contribution >= 4 is 35.3 Å². The molecule has 0 fully saturated rings. The van der Waals surface area contributed by atoms with Gasteiger partial charge in [0.15, 0.2) is 0 Å². The molecule has 0 unspecified atom stereocenters. The van der Waals surface area contributed by atoms with E-state index >= 15 is 0 Å². The highest BCUT2D eigenvalue weighted by Gasteiger charge is 2.11. The largest absolute Gasteiger partial charge is 0.323 e. The summed E-state index contributed by atoms with van der Waals surface area (Å²) < 4.78 is 0. The molecule has 4 aromatic rings. The van der Waals surface area contributed by atoms with Crippen molar-refractivity contribution in [3.05, 3.63) is 71.3 Å². The van der Waals surface area contributed by atoms with Crippen molar-refractivity contribution in [1.82, 2.24) is 15.2 Å².